The fourth-order valence-corrected chi connectivity index (χ4v) is 5.12. The molecular weight excluding hydrogens is 528 g/mol. The second-order valence-electron chi connectivity index (χ2n) is 10.8. The summed E-state index contributed by atoms with van der Waals surface area (Å²) in [5.74, 6) is -2.18. The third kappa shape index (κ3) is 8.15. The van der Waals surface area contributed by atoms with Gasteiger partial charge in [0, 0.05) is 0 Å². The van der Waals surface area contributed by atoms with Gasteiger partial charge in [-0.2, -0.15) is 0 Å². The molecular formula is C32H38O9. The zero-order valence-electron chi connectivity index (χ0n) is 23.8. The molecule has 0 aliphatic rings. The van der Waals surface area contributed by atoms with Crippen LogP contribution in [0.2, 0.25) is 0 Å². The minimum Gasteiger partial charge on any atom is -0.508 e. The van der Waals surface area contributed by atoms with Crippen molar-refractivity contribution in [3.63, 3.8) is 0 Å². The summed E-state index contributed by atoms with van der Waals surface area (Å²) in [6.07, 6.45) is -1.05. The Bertz CT molecular complexity index is 1290. The second-order valence-corrected chi connectivity index (χ2v) is 10.8. The Kier molecular flexibility index (Phi) is 10.8. The number of aryl methyl sites for hydroxylation is 1. The quantitative estimate of drug-likeness (QED) is 0.201. The van der Waals surface area contributed by atoms with E-state index in [1.807, 2.05) is 0 Å². The number of phenols is 2. The van der Waals surface area contributed by atoms with E-state index in [4.69, 9.17) is 10.2 Å². The number of aliphatic hydroxyl groups is 2. The smallest absolute Gasteiger partial charge is 0.335 e. The fourth-order valence-electron chi connectivity index (χ4n) is 5.12. The predicted molar refractivity (Wildman–Crippen MR) is 154 cm³/mol. The molecule has 3 aromatic rings. The predicted octanol–water partition coefficient (Wildman–Crippen LogP) is 4.82. The number of carboxylic acids is 2. The van der Waals surface area contributed by atoms with Gasteiger partial charge in [0.05, 0.1) is 34.2 Å². The lowest BCUT2D eigenvalue weighted by Gasteiger charge is -2.40. The van der Waals surface area contributed by atoms with Crippen molar-refractivity contribution in [1.29, 1.82) is 0 Å². The van der Waals surface area contributed by atoms with Crippen molar-refractivity contribution in [2.45, 2.75) is 70.5 Å². The fraction of sp³-hybridized carbons (Fsp3) is 0.344. The summed E-state index contributed by atoms with van der Waals surface area (Å²) < 4.78 is 0. The molecule has 0 aliphatic carbocycles. The maximum Gasteiger partial charge on any atom is 0.335 e. The summed E-state index contributed by atoms with van der Waals surface area (Å²) in [6.45, 7) is 8.47. The zero-order valence-corrected chi connectivity index (χ0v) is 23.8. The molecule has 220 valence electrons. The molecule has 0 saturated carbocycles. The average Bonchev–Trinajstić information content (AvgIpc) is 2.88. The maximum absolute atomic E-state index is 14.0. The maximum atomic E-state index is 14.0. The monoisotopic (exact) mass is 566 g/mol. The van der Waals surface area contributed by atoms with E-state index in [-0.39, 0.29) is 41.3 Å². The lowest BCUT2D eigenvalue weighted by atomic mass is 9.62. The van der Waals surface area contributed by atoms with Crippen LogP contribution < -0.4 is 0 Å². The second kappa shape index (κ2) is 13.4. The van der Waals surface area contributed by atoms with E-state index in [0.717, 1.165) is 6.07 Å². The number of carbonyl (C=O) groups excluding carboxylic acids is 1. The molecule has 6 N–H and O–H groups in total. The van der Waals surface area contributed by atoms with E-state index in [1.165, 1.54) is 36.4 Å². The Morgan fingerprint density at radius 2 is 1.07 bits per heavy atom. The number of ketones is 1. The summed E-state index contributed by atoms with van der Waals surface area (Å²) in [5.41, 5.74) is -0.133. The van der Waals surface area contributed by atoms with E-state index >= 15 is 0 Å². The molecule has 0 spiro atoms. The van der Waals surface area contributed by atoms with Crippen LogP contribution in [-0.4, -0.2) is 60.6 Å². The van der Waals surface area contributed by atoms with Crippen molar-refractivity contribution in [3.8, 4) is 11.5 Å². The van der Waals surface area contributed by atoms with Crippen molar-refractivity contribution in [3.05, 3.63) is 94.5 Å². The standard InChI is InChI=1S/C23H30O5.C9H8O4/c1-15(24)13-22(3,17-5-9-19(26)10-6-17)21(28)23(4,14-16(2)25)18-7-11-20(27)12-8-18;1-5-2-3-6(8(10)11)4-7(5)9(12)13/h5-12,15-16,24-27H,13-14H2,1-4H3;2-4H,1H3,(H,10,11)(H,12,13). The Morgan fingerprint density at radius 3 is 1.39 bits per heavy atom. The number of hydrogen-bond donors (Lipinski definition) is 6. The van der Waals surface area contributed by atoms with Crippen LogP contribution in [0.15, 0.2) is 66.7 Å². The summed E-state index contributed by atoms with van der Waals surface area (Å²) in [7, 11) is 0. The molecule has 0 saturated heterocycles. The number of aromatic carboxylic acids is 2. The van der Waals surface area contributed by atoms with Crippen LogP contribution >= 0.6 is 0 Å². The van der Waals surface area contributed by atoms with Gasteiger partial charge in [-0.05, 0) is 101 Å². The van der Waals surface area contributed by atoms with Crippen LogP contribution in [0.1, 0.15) is 77.9 Å². The van der Waals surface area contributed by atoms with Crippen LogP contribution in [0.4, 0.5) is 0 Å². The van der Waals surface area contributed by atoms with Gasteiger partial charge in [0.2, 0.25) is 0 Å². The number of benzene rings is 3. The van der Waals surface area contributed by atoms with Crippen molar-refractivity contribution in [2.75, 3.05) is 0 Å². The van der Waals surface area contributed by atoms with Gasteiger partial charge in [-0.3, -0.25) is 4.79 Å². The minimum atomic E-state index is -1.12. The lowest BCUT2D eigenvalue weighted by Crippen LogP contribution is -2.48. The van der Waals surface area contributed by atoms with E-state index in [0.29, 0.717) is 16.7 Å². The molecule has 4 unspecified atom stereocenters. The molecule has 9 nitrogen and oxygen atoms in total. The van der Waals surface area contributed by atoms with Gasteiger partial charge in [-0.1, -0.05) is 30.3 Å². The number of carbonyl (C=O) groups is 3. The Morgan fingerprint density at radius 1 is 0.683 bits per heavy atom. The molecule has 0 aromatic heterocycles. The summed E-state index contributed by atoms with van der Waals surface area (Å²) in [4.78, 5) is 35.1. The van der Waals surface area contributed by atoms with Crippen molar-refractivity contribution >= 4 is 17.7 Å². The van der Waals surface area contributed by atoms with Gasteiger partial charge in [-0.25, -0.2) is 9.59 Å². The minimum absolute atomic E-state index is 0.0111. The molecule has 4 atom stereocenters. The topological polar surface area (TPSA) is 173 Å². The SMILES string of the molecule is CC(O)CC(C)(C(=O)C(C)(CC(C)O)c1ccc(O)cc1)c1ccc(O)cc1.Cc1ccc(C(=O)O)cc1C(=O)O. The highest BCUT2D eigenvalue weighted by molar-refractivity contribution is 5.98. The summed E-state index contributed by atoms with van der Waals surface area (Å²) >= 11 is 0. The zero-order chi connectivity index (χ0) is 31.1. The number of aromatic hydroxyl groups is 2. The molecule has 0 amide bonds. The van der Waals surface area contributed by atoms with E-state index < -0.39 is 35.0 Å². The normalized spacial score (nSPS) is 15.3. The van der Waals surface area contributed by atoms with Crippen molar-refractivity contribution in [1.82, 2.24) is 0 Å². The Hall–Kier alpha value is -4.21. The lowest BCUT2D eigenvalue weighted by molar-refractivity contribution is -0.131. The summed E-state index contributed by atoms with van der Waals surface area (Å²) in [6, 6.07) is 16.9. The first kappa shape index (κ1) is 33.0. The van der Waals surface area contributed by atoms with Gasteiger partial charge in [-0.15, -0.1) is 0 Å². The van der Waals surface area contributed by atoms with E-state index in [9.17, 15) is 34.8 Å². The average molecular weight is 567 g/mol. The highest BCUT2D eigenvalue weighted by atomic mass is 16.4. The van der Waals surface area contributed by atoms with Gasteiger partial charge in [0.1, 0.15) is 11.5 Å². The number of aliphatic hydroxyl groups excluding tert-OH is 2. The van der Waals surface area contributed by atoms with E-state index in [1.54, 1.807) is 58.9 Å². The van der Waals surface area contributed by atoms with Gasteiger partial charge in [0.25, 0.3) is 0 Å². The Balaban J connectivity index is 0.000000377. The molecule has 0 fully saturated rings. The Labute approximate surface area is 239 Å². The first-order valence-corrected chi connectivity index (χ1v) is 13.1. The molecule has 41 heavy (non-hydrogen) atoms. The molecule has 3 rings (SSSR count). The first-order valence-electron chi connectivity index (χ1n) is 13.1. The van der Waals surface area contributed by atoms with Crippen molar-refractivity contribution < 1.29 is 45.0 Å². The molecule has 0 aliphatic heterocycles. The van der Waals surface area contributed by atoms with Crippen LogP contribution in [0.5, 0.6) is 11.5 Å². The van der Waals surface area contributed by atoms with Crippen LogP contribution in [0.3, 0.4) is 0 Å². The summed E-state index contributed by atoms with van der Waals surface area (Å²) in [5, 5.41) is 56.8. The highest BCUT2D eigenvalue weighted by Gasteiger charge is 2.47. The molecule has 9 heteroatoms. The van der Waals surface area contributed by atoms with E-state index in [2.05, 4.69) is 0 Å². The van der Waals surface area contributed by atoms with Crippen molar-refractivity contribution in [2.24, 2.45) is 0 Å². The largest absolute Gasteiger partial charge is 0.508 e. The number of carboxylic acid groups (broad SMARTS) is 2. The van der Waals surface area contributed by atoms with Gasteiger partial charge in [0.15, 0.2) is 5.78 Å². The molecule has 0 radical (unpaired) electrons. The number of hydrogen-bond acceptors (Lipinski definition) is 7. The van der Waals surface area contributed by atoms with Crippen LogP contribution in [0.25, 0.3) is 0 Å². The number of rotatable bonds is 10. The number of Topliss-reactive ketones (excluding diaryl/α,β-unsaturated/α-hetero) is 1. The molecule has 3 aromatic carbocycles. The third-order valence-corrected chi connectivity index (χ3v) is 7.13. The van der Waals surface area contributed by atoms with Crippen LogP contribution in [0, 0.1) is 6.92 Å². The molecule has 0 bridgehead atoms. The van der Waals surface area contributed by atoms with Gasteiger partial charge >= 0.3 is 11.9 Å². The third-order valence-electron chi connectivity index (χ3n) is 7.13. The molecule has 0 heterocycles. The first-order chi connectivity index (χ1) is 19.0. The highest BCUT2D eigenvalue weighted by Crippen LogP contribution is 2.42. The number of phenolic OH excluding ortho intramolecular Hbond substituents is 2. The van der Waals surface area contributed by atoms with Gasteiger partial charge < -0.3 is 30.6 Å². The van der Waals surface area contributed by atoms with Crippen LogP contribution in [-0.2, 0) is 15.6 Å².